The molecule has 6 nitrogen and oxygen atoms in total. The van der Waals surface area contributed by atoms with E-state index in [0.29, 0.717) is 27.4 Å². The van der Waals surface area contributed by atoms with Crippen LogP contribution in [0.15, 0.2) is 81.4 Å². The first kappa shape index (κ1) is 19.1. The molecule has 0 radical (unpaired) electrons. The lowest BCUT2D eigenvalue weighted by Gasteiger charge is -2.28. The zero-order valence-corrected chi connectivity index (χ0v) is 17.2. The number of nitrogens with one attached hydrogen (secondary N) is 1. The van der Waals surface area contributed by atoms with Crippen molar-refractivity contribution in [3.63, 3.8) is 0 Å². The Kier molecular flexibility index (Phi) is 5.28. The van der Waals surface area contributed by atoms with Gasteiger partial charge in [0.25, 0.3) is 11.8 Å². The van der Waals surface area contributed by atoms with Gasteiger partial charge < -0.3 is 9.15 Å². The lowest BCUT2D eigenvalue weighted by Crippen LogP contribution is -2.54. The number of benzene rings is 2. The van der Waals surface area contributed by atoms with Crippen molar-refractivity contribution >= 4 is 56.8 Å². The fourth-order valence-corrected chi connectivity index (χ4v) is 3.33. The maximum atomic E-state index is 13.0. The zero-order valence-electron chi connectivity index (χ0n) is 14.8. The number of carbonyl (C=O) groups excluding carboxylic acids is 2. The summed E-state index contributed by atoms with van der Waals surface area (Å²) in [7, 11) is 0. The van der Waals surface area contributed by atoms with Gasteiger partial charge in [0.1, 0.15) is 29.1 Å². The molecule has 1 fully saturated rings. The molecular formula is C21H13BrN2O4S. The highest BCUT2D eigenvalue weighted by molar-refractivity contribution is 9.10. The summed E-state index contributed by atoms with van der Waals surface area (Å²) in [6, 6.07) is 17.8. The smallest absolute Gasteiger partial charge is 0.270 e. The Balaban J connectivity index is 1.59. The normalized spacial score (nSPS) is 15.6. The monoisotopic (exact) mass is 468 g/mol. The summed E-state index contributed by atoms with van der Waals surface area (Å²) in [4.78, 5) is 26.5. The lowest BCUT2D eigenvalue weighted by molar-refractivity contribution is -0.122. The van der Waals surface area contributed by atoms with E-state index in [4.69, 9.17) is 21.4 Å². The standard InChI is InChI=1S/C21H13BrN2O4S/c22-13-10-17(27-12-13)11-18-19(25)23-21(29)24(20(18)26)14-6-8-16(9-7-14)28-15-4-2-1-3-5-15/h1-12H,(H,23,25,29)/b18-11+. The van der Waals surface area contributed by atoms with Crippen molar-refractivity contribution < 1.29 is 18.7 Å². The van der Waals surface area contributed by atoms with Gasteiger partial charge in [-0.3, -0.25) is 19.8 Å². The van der Waals surface area contributed by atoms with Crippen LogP contribution >= 0.6 is 28.1 Å². The molecule has 2 heterocycles. The van der Waals surface area contributed by atoms with Crippen molar-refractivity contribution in [1.29, 1.82) is 0 Å². The number of ether oxygens (including phenoxy) is 1. The van der Waals surface area contributed by atoms with E-state index in [1.54, 1.807) is 30.3 Å². The van der Waals surface area contributed by atoms with Crippen molar-refractivity contribution in [3.05, 3.63) is 82.7 Å². The number of furan rings is 1. The number of amides is 2. The molecule has 29 heavy (non-hydrogen) atoms. The van der Waals surface area contributed by atoms with Gasteiger partial charge in [-0.2, -0.15) is 0 Å². The Morgan fingerprint density at radius 2 is 1.72 bits per heavy atom. The number of anilines is 1. The molecule has 0 bridgehead atoms. The van der Waals surface area contributed by atoms with Crippen molar-refractivity contribution in [2.24, 2.45) is 0 Å². The van der Waals surface area contributed by atoms with Crippen LogP contribution in [0.25, 0.3) is 6.08 Å². The number of rotatable bonds is 4. The summed E-state index contributed by atoms with van der Waals surface area (Å²) in [5.41, 5.74) is 0.428. The molecule has 0 atom stereocenters. The third-order valence-electron chi connectivity index (χ3n) is 4.05. The molecule has 3 aromatic rings. The first-order valence-corrected chi connectivity index (χ1v) is 9.70. The summed E-state index contributed by atoms with van der Waals surface area (Å²) in [5.74, 6) is 0.563. The SMILES string of the molecule is O=C1NC(=S)N(c2ccc(Oc3ccccc3)cc2)C(=O)/C1=C/c1cc(Br)co1. The molecule has 2 aromatic carbocycles. The van der Waals surface area contributed by atoms with Crippen LogP contribution in [0.5, 0.6) is 11.5 Å². The number of halogens is 1. The molecule has 2 amide bonds. The second-order valence-electron chi connectivity index (χ2n) is 6.03. The molecular weight excluding hydrogens is 456 g/mol. The largest absolute Gasteiger partial charge is 0.464 e. The van der Waals surface area contributed by atoms with Gasteiger partial charge in [-0.15, -0.1) is 0 Å². The van der Waals surface area contributed by atoms with E-state index in [1.807, 2.05) is 30.3 Å². The second-order valence-corrected chi connectivity index (χ2v) is 7.34. The second kappa shape index (κ2) is 8.02. The van der Waals surface area contributed by atoms with Crippen molar-refractivity contribution in [2.75, 3.05) is 4.90 Å². The Labute approximate surface area is 179 Å². The molecule has 0 saturated carbocycles. The minimum Gasteiger partial charge on any atom is -0.464 e. The van der Waals surface area contributed by atoms with Crippen molar-refractivity contribution in [1.82, 2.24) is 5.32 Å². The van der Waals surface area contributed by atoms with Crippen LogP contribution in [0.2, 0.25) is 0 Å². The Morgan fingerprint density at radius 3 is 2.38 bits per heavy atom. The van der Waals surface area contributed by atoms with Gasteiger partial charge in [0.05, 0.1) is 10.2 Å². The summed E-state index contributed by atoms with van der Waals surface area (Å²) in [5, 5.41) is 2.54. The van der Waals surface area contributed by atoms with Crippen LogP contribution in [0, 0.1) is 0 Å². The fourth-order valence-electron chi connectivity index (χ4n) is 2.73. The first-order chi connectivity index (χ1) is 14.0. The van der Waals surface area contributed by atoms with Crippen LogP contribution in [0.3, 0.4) is 0 Å². The molecule has 1 aromatic heterocycles. The van der Waals surface area contributed by atoms with Crippen molar-refractivity contribution in [3.8, 4) is 11.5 Å². The van der Waals surface area contributed by atoms with Gasteiger partial charge in [0, 0.05) is 0 Å². The number of hydrogen-bond acceptors (Lipinski definition) is 5. The minimum atomic E-state index is -0.576. The molecule has 144 valence electrons. The van der Waals surface area contributed by atoms with Gasteiger partial charge in [-0.1, -0.05) is 18.2 Å². The summed E-state index contributed by atoms with van der Waals surface area (Å²) in [6.07, 6.45) is 2.84. The Hall–Kier alpha value is -3.23. The first-order valence-electron chi connectivity index (χ1n) is 8.50. The van der Waals surface area contributed by atoms with E-state index in [1.165, 1.54) is 17.2 Å². The molecule has 1 N–H and O–H groups in total. The van der Waals surface area contributed by atoms with Gasteiger partial charge in [-0.05, 0) is 76.7 Å². The summed E-state index contributed by atoms with van der Waals surface area (Å²) < 4.78 is 11.7. The molecule has 1 aliphatic heterocycles. The maximum Gasteiger partial charge on any atom is 0.270 e. The van der Waals surface area contributed by atoms with Gasteiger partial charge >= 0.3 is 0 Å². The Bertz CT molecular complexity index is 1120. The van der Waals surface area contributed by atoms with E-state index >= 15 is 0 Å². The van der Waals surface area contributed by atoms with Crippen LogP contribution in [-0.2, 0) is 9.59 Å². The number of para-hydroxylation sites is 1. The third kappa shape index (κ3) is 4.13. The van der Waals surface area contributed by atoms with E-state index in [9.17, 15) is 9.59 Å². The average Bonchev–Trinajstić information content (AvgIpc) is 3.12. The predicted octanol–water partition coefficient (Wildman–Crippen LogP) is 4.67. The average molecular weight is 469 g/mol. The molecule has 1 saturated heterocycles. The van der Waals surface area contributed by atoms with Gasteiger partial charge in [0.2, 0.25) is 0 Å². The van der Waals surface area contributed by atoms with Gasteiger partial charge in [0.15, 0.2) is 5.11 Å². The van der Waals surface area contributed by atoms with Crippen LogP contribution < -0.4 is 15.0 Å². The number of hydrogen-bond donors (Lipinski definition) is 1. The number of carbonyl (C=O) groups is 2. The van der Waals surface area contributed by atoms with E-state index in [2.05, 4.69) is 21.2 Å². The summed E-state index contributed by atoms with van der Waals surface area (Å²) in [6.45, 7) is 0. The summed E-state index contributed by atoms with van der Waals surface area (Å²) >= 11 is 8.47. The van der Waals surface area contributed by atoms with Crippen LogP contribution in [0.4, 0.5) is 5.69 Å². The lowest BCUT2D eigenvalue weighted by atomic mass is 10.1. The molecule has 4 rings (SSSR count). The molecule has 0 unspecified atom stereocenters. The topological polar surface area (TPSA) is 71.8 Å². The quantitative estimate of drug-likeness (QED) is 0.342. The zero-order chi connectivity index (χ0) is 20.4. The highest BCUT2D eigenvalue weighted by Gasteiger charge is 2.34. The van der Waals surface area contributed by atoms with Crippen LogP contribution in [0.1, 0.15) is 5.76 Å². The number of thiocarbonyl (C=S) groups is 1. The van der Waals surface area contributed by atoms with E-state index in [-0.39, 0.29) is 10.7 Å². The van der Waals surface area contributed by atoms with Crippen molar-refractivity contribution in [2.45, 2.75) is 0 Å². The highest BCUT2D eigenvalue weighted by atomic mass is 79.9. The molecule has 0 aliphatic carbocycles. The maximum absolute atomic E-state index is 13.0. The minimum absolute atomic E-state index is 0.00880. The van der Waals surface area contributed by atoms with E-state index in [0.717, 1.165) is 0 Å². The molecule has 0 spiro atoms. The number of nitrogens with zero attached hydrogens (tertiary/aromatic N) is 1. The van der Waals surface area contributed by atoms with Gasteiger partial charge in [-0.25, -0.2) is 0 Å². The molecule has 1 aliphatic rings. The molecule has 8 heteroatoms. The highest BCUT2D eigenvalue weighted by Crippen LogP contribution is 2.27. The van der Waals surface area contributed by atoms with Crippen LogP contribution in [-0.4, -0.2) is 16.9 Å². The fraction of sp³-hybridized carbons (Fsp3) is 0. The predicted molar refractivity (Wildman–Crippen MR) is 116 cm³/mol. The van der Waals surface area contributed by atoms with E-state index < -0.39 is 11.8 Å². The third-order valence-corrected chi connectivity index (χ3v) is 4.75. The Morgan fingerprint density at radius 1 is 1.03 bits per heavy atom.